The van der Waals surface area contributed by atoms with Crippen molar-refractivity contribution in [2.75, 3.05) is 0 Å². The molecule has 0 aliphatic rings. The number of rotatable bonds is 5. The Morgan fingerprint density at radius 2 is 2.10 bits per heavy atom. The Morgan fingerprint density at radius 1 is 1.40 bits per heavy atom. The van der Waals surface area contributed by atoms with Crippen molar-refractivity contribution in [3.8, 4) is 0 Å². The van der Waals surface area contributed by atoms with Gasteiger partial charge in [0.15, 0.2) is 0 Å². The van der Waals surface area contributed by atoms with E-state index in [1.54, 1.807) is 0 Å². The van der Waals surface area contributed by atoms with Crippen LogP contribution >= 0.6 is 27.5 Å². The highest BCUT2D eigenvalue weighted by Crippen LogP contribution is 2.28. The summed E-state index contributed by atoms with van der Waals surface area (Å²) in [6.45, 7) is 3.99. The standard InChI is InChI=1S/C14H15BrN2O2S/c1-8(2)12-16-13(20-17-12)10(14(18)19)7-9-5-3-4-6-11(9)15/h3-6,8,10H,7H2,1-2H3,(H,18,19). The molecule has 1 unspecified atom stereocenters. The number of hydrogen-bond donors (Lipinski definition) is 1. The number of hydrogen-bond acceptors (Lipinski definition) is 4. The van der Waals surface area contributed by atoms with Gasteiger partial charge in [-0.05, 0) is 29.6 Å². The smallest absolute Gasteiger partial charge is 0.313 e. The lowest BCUT2D eigenvalue weighted by Gasteiger charge is -2.10. The first-order valence-electron chi connectivity index (χ1n) is 6.28. The molecule has 0 fully saturated rings. The fourth-order valence-corrected chi connectivity index (χ4v) is 3.12. The highest BCUT2D eigenvalue weighted by Gasteiger charge is 2.25. The molecular weight excluding hydrogens is 340 g/mol. The molecule has 0 spiro atoms. The minimum atomic E-state index is -0.868. The predicted octanol–water partition coefficient (Wildman–Crippen LogP) is 3.83. The molecule has 1 aromatic carbocycles. The zero-order valence-electron chi connectivity index (χ0n) is 11.2. The Kier molecular flexibility index (Phi) is 4.88. The van der Waals surface area contributed by atoms with Crippen molar-refractivity contribution in [2.45, 2.75) is 32.1 Å². The normalized spacial score (nSPS) is 12.6. The Balaban J connectivity index is 2.27. The first-order valence-corrected chi connectivity index (χ1v) is 7.85. The van der Waals surface area contributed by atoms with Gasteiger partial charge in [-0.15, -0.1) is 0 Å². The summed E-state index contributed by atoms with van der Waals surface area (Å²) >= 11 is 4.63. The van der Waals surface area contributed by atoms with Crippen molar-refractivity contribution < 1.29 is 9.90 Å². The first-order chi connectivity index (χ1) is 9.49. The van der Waals surface area contributed by atoms with Gasteiger partial charge < -0.3 is 5.11 Å². The molecule has 1 N–H and O–H groups in total. The van der Waals surface area contributed by atoms with Crippen molar-refractivity contribution in [1.82, 2.24) is 9.36 Å². The third-order valence-corrected chi connectivity index (χ3v) is 4.57. The molecule has 2 rings (SSSR count). The number of halogens is 1. The molecule has 106 valence electrons. The number of aliphatic carboxylic acids is 1. The van der Waals surface area contributed by atoms with Crippen molar-refractivity contribution >= 4 is 33.4 Å². The molecule has 2 aromatic rings. The van der Waals surface area contributed by atoms with Crippen LogP contribution in [0.5, 0.6) is 0 Å². The number of carbonyl (C=O) groups is 1. The van der Waals surface area contributed by atoms with Gasteiger partial charge in [0.2, 0.25) is 0 Å². The zero-order chi connectivity index (χ0) is 14.7. The highest BCUT2D eigenvalue weighted by atomic mass is 79.9. The summed E-state index contributed by atoms with van der Waals surface area (Å²) in [4.78, 5) is 15.9. The molecule has 0 bridgehead atoms. The fourth-order valence-electron chi connectivity index (χ4n) is 1.79. The molecule has 1 atom stereocenters. The van der Waals surface area contributed by atoms with E-state index in [2.05, 4.69) is 25.3 Å². The number of benzene rings is 1. The Morgan fingerprint density at radius 3 is 2.65 bits per heavy atom. The maximum absolute atomic E-state index is 11.5. The van der Waals surface area contributed by atoms with Gasteiger partial charge in [-0.3, -0.25) is 4.79 Å². The predicted molar refractivity (Wildman–Crippen MR) is 82.2 cm³/mol. The monoisotopic (exact) mass is 354 g/mol. The number of carboxylic acid groups (broad SMARTS) is 1. The molecule has 4 nitrogen and oxygen atoms in total. The summed E-state index contributed by atoms with van der Waals surface area (Å²) in [7, 11) is 0. The maximum atomic E-state index is 11.5. The average molecular weight is 355 g/mol. The molecule has 0 saturated carbocycles. The average Bonchev–Trinajstić information content (AvgIpc) is 2.87. The lowest BCUT2D eigenvalue weighted by molar-refractivity contribution is -0.138. The lowest BCUT2D eigenvalue weighted by atomic mass is 10.00. The van der Waals surface area contributed by atoms with E-state index in [0.29, 0.717) is 17.3 Å². The van der Waals surface area contributed by atoms with Crippen molar-refractivity contribution in [1.29, 1.82) is 0 Å². The molecule has 0 radical (unpaired) electrons. The molecular formula is C14H15BrN2O2S. The van der Waals surface area contributed by atoms with Crippen LogP contribution in [0.2, 0.25) is 0 Å². The van der Waals surface area contributed by atoms with Crippen LogP contribution in [0, 0.1) is 0 Å². The SMILES string of the molecule is CC(C)c1nsc(C(Cc2ccccc2Br)C(=O)O)n1. The summed E-state index contributed by atoms with van der Waals surface area (Å²) in [5.74, 6) is -0.604. The van der Waals surface area contributed by atoms with Crippen molar-refractivity contribution in [3.63, 3.8) is 0 Å². The number of aromatic nitrogens is 2. The minimum Gasteiger partial charge on any atom is -0.481 e. The molecule has 6 heteroatoms. The molecule has 0 saturated heterocycles. The van der Waals surface area contributed by atoms with Crippen LogP contribution in [0.25, 0.3) is 0 Å². The maximum Gasteiger partial charge on any atom is 0.313 e. The summed E-state index contributed by atoms with van der Waals surface area (Å²) in [6, 6.07) is 7.64. The van der Waals surface area contributed by atoms with Crippen LogP contribution in [-0.2, 0) is 11.2 Å². The van der Waals surface area contributed by atoms with Crippen LogP contribution < -0.4 is 0 Å². The van der Waals surface area contributed by atoms with Gasteiger partial charge in [-0.2, -0.15) is 4.37 Å². The van der Waals surface area contributed by atoms with Crippen LogP contribution in [0.4, 0.5) is 0 Å². The van der Waals surface area contributed by atoms with E-state index in [1.807, 2.05) is 38.1 Å². The van der Waals surface area contributed by atoms with Crippen molar-refractivity contribution in [3.05, 3.63) is 45.1 Å². The Bertz CT molecular complexity index is 613. The van der Waals surface area contributed by atoms with E-state index in [0.717, 1.165) is 10.0 Å². The quantitative estimate of drug-likeness (QED) is 0.885. The summed E-state index contributed by atoms with van der Waals surface area (Å²) in [6.07, 6.45) is 0.406. The first kappa shape index (κ1) is 15.1. The van der Waals surface area contributed by atoms with E-state index in [-0.39, 0.29) is 5.92 Å². The van der Waals surface area contributed by atoms with Crippen LogP contribution in [-0.4, -0.2) is 20.4 Å². The number of nitrogens with zero attached hydrogens (tertiary/aromatic N) is 2. The Labute approximate surface area is 130 Å². The second-order valence-corrected chi connectivity index (χ2v) is 6.47. The van der Waals surface area contributed by atoms with Crippen LogP contribution in [0.1, 0.15) is 42.1 Å². The van der Waals surface area contributed by atoms with E-state index in [1.165, 1.54) is 11.5 Å². The van der Waals surface area contributed by atoms with E-state index < -0.39 is 11.9 Å². The topological polar surface area (TPSA) is 63.1 Å². The van der Waals surface area contributed by atoms with Gasteiger partial charge in [-0.1, -0.05) is 48.0 Å². The Hall–Kier alpha value is -1.27. The largest absolute Gasteiger partial charge is 0.481 e. The van der Waals surface area contributed by atoms with Crippen molar-refractivity contribution in [2.24, 2.45) is 0 Å². The molecule has 1 aromatic heterocycles. The van der Waals surface area contributed by atoms with E-state index in [4.69, 9.17) is 0 Å². The zero-order valence-corrected chi connectivity index (χ0v) is 13.6. The van der Waals surface area contributed by atoms with Crippen LogP contribution in [0.3, 0.4) is 0 Å². The molecule has 0 aliphatic carbocycles. The summed E-state index contributed by atoms with van der Waals surface area (Å²) < 4.78 is 5.16. The lowest BCUT2D eigenvalue weighted by Crippen LogP contribution is -2.14. The van der Waals surface area contributed by atoms with Gasteiger partial charge in [0.1, 0.15) is 16.7 Å². The summed E-state index contributed by atoms with van der Waals surface area (Å²) in [5.41, 5.74) is 0.959. The molecule has 1 heterocycles. The van der Waals surface area contributed by atoms with Gasteiger partial charge in [0, 0.05) is 10.4 Å². The highest BCUT2D eigenvalue weighted by molar-refractivity contribution is 9.10. The molecule has 0 aliphatic heterocycles. The van der Waals surface area contributed by atoms with Gasteiger partial charge >= 0.3 is 5.97 Å². The minimum absolute atomic E-state index is 0.206. The third-order valence-electron chi connectivity index (χ3n) is 2.95. The number of carboxylic acids is 1. The van der Waals surface area contributed by atoms with Gasteiger partial charge in [0.25, 0.3) is 0 Å². The van der Waals surface area contributed by atoms with E-state index >= 15 is 0 Å². The van der Waals surface area contributed by atoms with E-state index in [9.17, 15) is 9.90 Å². The fraction of sp³-hybridized carbons (Fsp3) is 0.357. The molecule has 20 heavy (non-hydrogen) atoms. The second kappa shape index (κ2) is 6.45. The summed E-state index contributed by atoms with van der Waals surface area (Å²) in [5, 5.41) is 10.0. The van der Waals surface area contributed by atoms with Gasteiger partial charge in [0.05, 0.1) is 0 Å². The van der Waals surface area contributed by atoms with Gasteiger partial charge in [-0.25, -0.2) is 4.98 Å². The third kappa shape index (κ3) is 3.43. The molecule has 0 amide bonds. The second-order valence-electron chi connectivity index (χ2n) is 4.83. The van der Waals surface area contributed by atoms with Crippen LogP contribution in [0.15, 0.2) is 28.7 Å².